The Bertz CT molecular complexity index is 468. The largest absolute Gasteiger partial charge is 0.483 e. The monoisotopic (exact) mass is 318 g/mol. The summed E-state index contributed by atoms with van der Waals surface area (Å²) in [4.78, 5) is 13.9. The SMILES string of the molecule is Cc1cc(Cl)ccc1OCC(=O)N1CCNC(C)C1.Cl. The molecule has 4 nitrogen and oxygen atoms in total. The summed E-state index contributed by atoms with van der Waals surface area (Å²) in [7, 11) is 0. The zero-order valence-corrected chi connectivity index (χ0v) is 13.3. The maximum atomic E-state index is 12.0. The minimum atomic E-state index is 0. The van der Waals surface area contributed by atoms with Crippen LogP contribution in [-0.4, -0.2) is 43.1 Å². The number of aryl methyl sites for hydroxylation is 1. The van der Waals surface area contributed by atoms with Gasteiger partial charge in [-0.2, -0.15) is 0 Å². The van der Waals surface area contributed by atoms with Gasteiger partial charge in [-0.1, -0.05) is 11.6 Å². The van der Waals surface area contributed by atoms with Crippen molar-refractivity contribution in [1.29, 1.82) is 0 Å². The van der Waals surface area contributed by atoms with Gasteiger partial charge in [-0.15, -0.1) is 12.4 Å². The molecule has 0 saturated carbocycles. The van der Waals surface area contributed by atoms with Crippen LogP contribution in [0, 0.1) is 6.92 Å². The Kier molecular flexibility index (Phi) is 6.59. The van der Waals surface area contributed by atoms with Crippen LogP contribution in [0.1, 0.15) is 12.5 Å². The Labute approximate surface area is 130 Å². The van der Waals surface area contributed by atoms with Crippen LogP contribution in [0.4, 0.5) is 0 Å². The fraction of sp³-hybridized carbons (Fsp3) is 0.500. The fourth-order valence-electron chi connectivity index (χ4n) is 2.16. The number of halogens is 2. The number of benzene rings is 1. The topological polar surface area (TPSA) is 41.6 Å². The summed E-state index contributed by atoms with van der Waals surface area (Å²) in [5.74, 6) is 0.739. The predicted octanol–water partition coefficient (Wildman–Crippen LogP) is 2.27. The van der Waals surface area contributed by atoms with E-state index in [2.05, 4.69) is 12.2 Å². The number of piperazine rings is 1. The first-order valence-electron chi connectivity index (χ1n) is 6.46. The van der Waals surface area contributed by atoms with E-state index in [1.807, 2.05) is 17.9 Å². The molecule has 0 bridgehead atoms. The molecule has 1 fully saturated rings. The lowest BCUT2D eigenvalue weighted by atomic mass is 10.2. The van der Waals surface area contributed by atoms with Crippen molar-refractivity contribution in [1.82, 2.24) is 10.2 Å². The van der Waals surface area contributed by atoms with E-state index in [0.29, 0.717) is 16.8 Å². The summed E-state index contributed by atoms with van der Waals surface area (Å²) >= 11 is 5.88. The highest BCUT2D eigenvalue weighted by atomic mass is 35.5. The van der Waals surface area contributed by atoms with Crippen LogP contribution in [0.2, 0.25) is 5.02 Å². The second-order valence-electron chi connectivity index (χ2n) is 4.89. The molecular formula is C14H20Cl2N2O2. The van der Waals surface area contributed by atoms with Crippen LogP contribution in [0.5, 0.6) is 5.75 Å². The van der Waals surface area contributed by atoms with E-state index in [9.17, 15) is 4.79 Å². The lowest BCUT2D eigenvalue weighted by Gasteiger charge is -2.31. The number of ether oxygens (including phenoxy) is 1. The van der Waals surface area contributed by atoms with Gasteiger partial charge >= 0.3 is 0 Å². The number of rotatable bonds is 3. The number of amides is 1. The Hall–Kier alpha value is -0.970. The van der Waals surface area contributed by atoms with Crippen molar-refractivity contribution >= 4 is 29.9 Å². The van der Waals surface area contributed by atoms with Crippen molar-refractivity contribution in [2.45, 2.75) is 19.9 Å². The molecule has 1 aromatic rings. The first kappa shape index (κ1) is 17.1. The van der Waals surface area contributed by atoms with Gasteiger partial charge in [-0.3, -0.25) is 4.79 Å². The Balaban J connectivity index is 0.00000200. The number of carbonyl (C=O) groups is 1. The van der Waals surface area contributed by atoms with Gasteiger partial charge in [0.25, 0.3) is 5.91 Å². The van der Waals surface area contributed by atoms with Crippen molar-refractivity contribution in [3.63, 3.8) is 0 Å². The first-order valence-corrected chi connectivity index (χ1v) is 6.84. The van der Waals surface area contributed by atoms with Gasteiger partial charge in [-0.25, -0.2) is 0 Å². The summed E-state index contributed by atoms with van der Waals surface area (Å²) in [6.07, 6.45) is 0. The lowest BCUT2D eigenvalue weighted by molar-refractivity contribution is -0.134. The maximum Gasteiger partial charge on any atom is 0.260 e. The minimum Gasteiger partial charge on any atom is -0.483 e. The maximum absolute atomic E-state index is 12.0. The molecule has 20 heavy (non-hydrogen) atoms. The van der Waals surface area contributed by atoms with E-state index in [0.717, 1.165) is 25.2 Å². The molecule has 1 N–H and O–H groups in total. The van der Waals surface area contributed by atoms with Crippen molar-refractivity contribution in [2.75, 3.05) is 26.2 Å². The van der Waals surface area contributed by atoms with Crippen LogP contribution >= 0.6 is 24.0 Å². The highest BCUT2D eigenvalue weighted by Crippen LogP contribution is 2.21. The van der Waals surface area contributed by atoms with Crippen molar-refractivity contribution in [3.05, 3.63) is 28.8 Å². The number of nitrogens with one attached hydrogen (secondary N) is 1. The summed E-state index contributed by atoms with van der Waals surface area (Å²) in [5, 5.41) is 3.98. The molecule has 1 heterocycles. The molecule has 2 rings (SSSR count). The molecule has 0 aliphatic carbocycles. The molecule has 1 amide bonds. The van der Waals surface area contributed by atoms with Crippen LogP contribution in [0.3, 0.4) is 0 Å². The summed E-state index contributed by atoms with van der Waals surface area (Å²) in [6.45, 7) is 6.39. The molecule has 1 aliphatic rings. The van der Waals surface area contributed by atoms with E-state index < -0.39 is 0 Å². The van der Waals surface area contributed by atoms with Crippen molar-refractivity contribution < 1.29 is 9.53 Å². The van der Waals surface area contributed by atoms with Crippen LogP contribution in [-0.2, 0) is 4.79 Å². The Morgan fingerprint density at radius 3 is 2.95 bits per heavy atom. The summed E-state index contributed by atoms with van der Waals surface area (Å²) < 4.78 is 5.57. The third kappa shape index (κ3) is 4.54. The van der Waals surface area contributed by atoms with E-state index >= 15 is 0 Å². The number of hydrogen-bond acceptors (Lipinski definition) is 3. The Morgan fingerprint density at radius 1 is 1.55 bits per heavy atom. The van der Waals surface area contributed by atoms with Gasteiger partial charge in [0.2, 0.25) is 0 Å². The zero-order valence-electron chi connectivity index (χ0n) is 11.7. The molecule has 1 aliphatic heterocycles. The zero-order chi connectivity index (χ0) is 13.8. The quantitative estimate of drug-likeness (QED) is 0.929. The van der Waals surface area contributed by atoms with E-state index in [-0.39, 0.29) is 24.9 Å². The average Bonchev–Trinajstić information content (AvgIpc) is 2.37. The van der Waals surface area contributed by atoms with Gasteiger partial charge in [0.05, 0.1) is 0 Å². The van der Waals surface area contributed by atoms with Crippen LogP contribution in [0.15, 0.2) is 18.2 Å². The smallest absolute Gasteiger partial charge is 0.260 e. The summed E-state index contributed by atoms with van der Waals surface area (Å²) in [6, 6.07) is 5.73. The van der Waals surface area contributed by atoms with E-state index in [1.54, 1.807) is 12.1 Å². The van der Waals surface area contributed by atoms with E-state index in [4.69, 9.17) is 16.3 Å². The predicted molar refractivity (Wildman–Crippen MR) is 83.0 cm³/mol. The second kappa shape index (κ2) is 7.72. The average molecular weight is 319 g/mol. The van der Waals surface area contributed by atoms with E-state index in [1.165, 1.54) is 0 Å². The normalized spacial score (nSPS) is 18.4. The van der Waals surface area contributed by atoms with Gasteiger partial charge in [-0.05, 0) is 37.6 Å². The molecule has 112 valence electrons. The molecule has 1 saturated heterocycles. The van der Waals surface area contributed by atoms with Gasteiger partial charge in [0.1, 0.15) is 5.75 Å². The molecule has 0 radical (unpaired) electrons. The lowest BCUT2D eigenvalue weighted by Crippen LogP contribution is -2.52. The highest BCUT2D eigenvalue weighted by molar-refractivity contribution is 6.30. The van der Waals surface area contributed by atoms with Gasteiger partial charge in [0.15, 0.2) is 6.61 Å². The molecule has 0 spiro atoms. The molecule has 1 atom stereocenters. The third-order valence-electron chi connectivity index (χ3n) is 3.21. The molecule has 6 heteroatoms. The first-order chi connectivity index (χ1) is 9.06. The third-order valence-corrected chi connectivity index (χ3v) is 3.44. The minimum absolute atomic E-state index is 0. The molecule has 1 unspecified atom stereocenters. The molecular weight excluding hydrogens is 299 g/mol. The second-order valence-corrected chi connectivity index (χ2v) is 5.33. The van der Waals surface area contributed by atoms with Crippen molar-refractivity contribution in [3.8, 4) is 5.75 Å². The van der Waals surface area contributed by atoms with Gasteiger partial charge < -0.3 is 15.0 Å². The standard InChI is InChI=1S/C14H19ClN2O2.ClH/c1-10-7-12(15)3-4-13(10)19-9-14(18)17-6-5-16-11(2)8-17;/h3-4,7,11,16H,5-6,8-9H2,1-2H3;1H. The van der Waals surface area contributed by atoms with Crippen LogP contribution < -0.4 is 10.1 Å². The van der Waals surface area contributed by atoms with Gasteiger partial charge in [0, 0.05) is 30.7 Å². The Morgan fingerprint density at radius 2 is 2.30 bits per heavy atom. The molecule has 1 aromatic carbocycles. The van der Waals surface area contributed by atoms with Crippen LogP contribution in [0.25, 0.3) is 0 Å². The highest BCUT2D eigenvalue weighted by Gasteiger charge is 2.20. The summed E-state index contributed by atoms with van der Waals surface area (Å²) in [5.41, 5.74) is 0.939. The number of nitrogens with zero attached hydrogens (tertiary/aromatic N) is 1. The van der Waals surface area contributed by atoms with Crippen molar-refractivity contribution in [2.24, 2.45) is 0 Å². The number of hydrogen-bond donors (Lipinski definition) is 1. The molecule has 0 aromatic heterocycles. The number of carbonyl (C=O) groups excluding carboxylic acids is 1. The fourth-order valence-corrected chi connectivity index (χ4v) is 2.39.